The van der Waals surface area contributed by atoms with Gasteiger partial charge in [0, 0.05) is 49.3 Å². The molecule has 1 fully saturated rings. The molecule has 0 bridgehead atoms. The smallest absolute Gasteiger partial charge is 0.270 e. The predicted molar refractivity (Wildman–Crippen MR) is 119 cm³/mol. The van der Waals surface area contributed by atoms with Crippen molar-refractivity contribution in [2.75, 3.05) is 39.5 Å². The number of benzene rings is 2. The van der Waals surface area contributed by atoms with Gasteiger partial charge in [-0.1, -0.05) is 0 Å². The molecule has 2 aromatic carbocycles. The molecule has 1 saturated heterocycles. The van der Waals surface area contributed by atoms with Gasteiger partial charge < -0.3 is 14.5 Å². The number of rotatable bonds is 6. The molecule has 0 unspecified atom stereocenters. The number of pyridine rings is 1. The lowest BCUT2D eigenvalue weighted by molar-refractivity contribution is -0.384. The average molecular weight is 435 g/mol. The van der Waals surface area contributed by atoms with Crippen molar-refractivity contribution in [3.8, 4) is 11.7 Å². The normalized spacial score (nSPS) is 14.8. The van der Waals surface area contributed by atoms with E-state index in [1.165, 1.54) is 22.8 Å². The second-order valence-corrected chi connectivity index (χ2v) is 7.55. The van der Waals surface area contributed by atoms with Gasteiger partial charge in [-0.25, -0.2) is 9.55 Å². The largest absolute Gasteiger partial charge is 0.492 e. The van der Waals surface area contributed by atoms with Gasteiger partial charge in [0.25, 0.3) is 11.2 Å². The first-order valence-electron chi connectivity index (χ1n) is 10.3. The zero-order valence-electron chi connectivity index (χ0n) is 17.2. The maximum Gasteiger partial charge on any atom is 0.270 e. The fourth-order valence-electron chi connectivity index (χ4n) is 3.85. The summed E-state index contributed by atoms with van der Waals surface area (Å²) in [5, 5.41) is 11.7. The Morgan fingerprint density at radius 1 is 1.12 bits per heavy atom. The average Bonchev–Trinajstić information content (AvgIpc) is 3.22. The third kappa shape index (κ3) is 3.93. The van der Waals surface area contributed by atoms with Crippen molar-refractivity contribution in [3.05, 3.63) is 69.0 Å². The van der Waals surface area contributed by atoms with Crippen molar-refractivity contribution in [1.82, 2.24) is 19.4 Å². The Morgan fingerprint density at radius 3 is 2.78 bits per heavy atom. The zero-order chi connectivity index (χ0) is 22.1. The number of hydrogen-bond acceptors (Lipinski definition) is 7. The molecule has 5 rings (SSSR count). The van der Waals surface area contributed by atoms with Crippen LogP contribution in [0.15, 0.2) is 53.3 Å². The van der Waals surface area contributed by atoms with E-state index in [1.807, 2.05) is 18.2 Å². The van der Waals surface area contributed by atoms with Gasteiger partial charge in [0.05, 0.1) is 34.7 Å². The minimum atomic E-state index is -0.462. The van der Waals surface area contributed by atoms with Crippen molar-refractivity contribution in [2.45, 2.75) is 0 Å². The van der Waals surface area contributed by atoms with Gasteiger partial charge in [-0.2, -0.15) is 0 Å². The Balaban J connectivity index is 1.42. The van der Waals surface area contributed by atoms with Crippen LogP contribution in [0.5, 0.6) is 5.75 Å². The van der Waals surface area contributed by atoms with Crippen LogP contribution in [0.4, 0.5) is 5.69 Å². The molecule has 0 saturated carbocycles. The second-order valence-electron chi connectivity index (χ2n) is 7.55. The van der Waals surface area contributed by atoms with Gasteiger partial charge in [0.15, 0.2) is 0 Å². The van der Waals surface area contributed by atoms with E-state index in [4.69, 9.17) is 9.47 Å². The van der Waals surface area contributed by atoms with E-state index in [0.29, 0.717) is 34.7 Å². The van der Waals surface area contributed by atoms with E-state index in [9.17, 15) is 14.9 Å². The number of fused-ring (bicyclic) bond motifs is 2. The summed E-state index contributed by atoms with van der Waals surface area (Å²) in [6.07, 6.45) is 0. The van der Waals surface area contributed by atoms with E-state index in [1.54, 1.807) is 12.1 Å². The van der Waals surface area contributed by atoms with Gasteiger partial charge >= 0.3 is 0 Å². The summed E-state index contributed by atoms with van der Waals surface area (Å²) in [4.78, 5) is 33.3. The number of aromatic nitrogens is 3. The van der Waals surface area contributed by atoms with Crippen molar-refractivity contribution in [1.29, 1.82) is 0 Å². The quantitative estimate of drug-likeness (QED) is 0.365. The fraction of sp³-hybridized carbons (Fsp3) is 0.273. The van der Waals surface area contributed by atoms with Crippen molar-refractivity contribution < 1.29 is 14.4 Å². The van der Waals surface area contributed by atoms with Crippen LogP contribution in [0.2, 0.25) is 0 Å². The van der Waals surface area contributed by atoms with Gasteiger partial charge in [-0.05, 0) is 24.3 Å². The highest BCUT2D eigenvalue weighted by atomic mass is 16.6. The van der Waals surface area contributed by atoms with Gasteiger partial charge in [0.1, 0.15) is 12.4 Å². The monoisotopic (exact) mass is 435 g/mol. The number of imidazole rings is 1. The molecule has 0 aliphatic carbocycles. The van der Waals surface area contributed by atoms with Crippen LogP contribution in [0.25, 0.3) is 27.9 Å². The summed E-state index contributed by atoms with van der Waals surface area (Å²) >= 11 is 0. The maximum absolute atomic E-state index is 12.6. The maximum atomic E-state index is 12.6. The highest BCUT2D eigenvalue weighted by molar-refractivity contribution is 5.84. The Kier molecular flexibility index (Phi) is 5.29. The number of nitrogens with zero attached hydrogens (tertiary/aromatic N) is 4. The lowest BCUT2D eigenvalue weighted by Crippen LogP contribution is -2.38. The first-order valence-corrected chi connectivity index (χ1v) is 10.3. The van der Waals surface area contributed by atoms with E-state index in [-0.39, 0.29) is 11.2 Å². The molecule has 0 atom stereocenters. The minimum absolute atomic E-state index is 0.0359. The molecule has 0 radical (unpaired) electrons. The molecule has 1 aliphatic rings. The lowest BCUT2D eigenvalue weighted by atomic mass is 10.2. The number of aromatic amines is 1. The summed E-state index contributed by atoms with van der Waals surface area (Å²) in [5.41, 5.74) is 1.63. The number of hydrogen-bond donors (Lipinski definition) is 1. The molecule has 1 aliphatic heterocycles. The number of nitro groups is 1. The Hall–Kier alpha value is -3.76. The van der Waals surface area contributed by atoms with Crippen LogP contribution >= 0.6 is 0 Å². The molecule has 4 aromatic rings. The Labute approximate surface area is 182 Å². The number of nitro benzene ring substituents is 1. The van der Waals surface area contributed by atoms with Crippen molar-refractivity contribution in [2.24, 2.45) is 0 Å². The van der Waals surface area contributed by atoms with E-state index in [2.05, 4.69) is 14.9 Å². The molecule has 164 valence electrons. The topological polar surface area (TPSA) is 116 Å². The molecule has 1 N–H and O–H groups in total. The van der Waals surface area contributed by atoms with Crippen LogP contribution in [0.3, 0.4) is 0 Å². The molecular formula is C22H21N5O5. The number of H-pyrrole nitrogens is 1. The highest BCUT2D eigenvalue weighted by Crippen LogP contribution is 2.24. The molecule has 10 heteroatoms. The molecule has 3 heterocycles. The standard InChI is InChI=1S/C22H21N5O5/c28-21-6-1-15-13-16(27(29)30)2-5-20(15)26(21)22-23-18-4-3-17(14-19(18)24-22)32-12-9-25-7-10-31-11-8-25/h1-6,13-14H,7-12H2,(H,23,24). The SMILES string of the molecule is O=c1ccc2cc([N+](=O)[O-])ccc2n1-c1nc2ccc(OCCN3CCOCC3)cc2[nH]1. The van der Waals surface area contributed by atoms with E-state index >= 15 is 0 Å². The van der Waals surface area contributed by atoms with E-state index < -0.39 is 4.92 Å². The summed E-state index contributed by atoms with van der Waals surface area (Å²) < 4.78 is 12.7. The fourth-order valence-corrected chi connectivity index (χ4v) is 3.85. The van der Waals surface area contributed by atoms with E-state index in [0.717, 1.165) is 38.4 Å². The zero-order valence-corrected chi connectivity index (χ0v) is 17.2. The molecule has 0 amide bonds. The minimum Gasteiger partial charge on any atom is -0.492 e. The Bertz CT molecular complexity index is 1360. The summed E-state index contributed by atoms with van der Waals surface area (Å²) in [7, 11) is 0. The third-order valence-electron chi connectivity index (χ3n) is 5.52. The van der Waals surface area contributed by atoms with Crippen LogP contribution in [0.1, 0.15) is 0 Å². The summed E-state index contributed by atoms with van der Waals surface area (Å²) in [6, 6.07) is 12.9. The molecular weight excluding hydrogens is 414 g/mol. The van der Waals surface area contributed by atoms with Crippen molar-refractivity contribution in [3.63, 3.8) is 0 Å². The van der Waals surface area contributed by atoms with Gasteiger partial charge in [-0.15, -0.1) is 0 Å². The van der Waals surface area contributed by atoms with Crippen LogP contribution < -0.4 is 10.3 Å². The van der Waals surface area contributed by atoms with Gasteiger partial charge in [-0.3, -0.25) is 19.8 Å². The first kappa shape index (κ1) is 20.2. The van der Waals surface area contributed by atoms with Crippen LogP contribution in [-0.4, -0.2) is 63.8 Å². The molecule has 10 nitrogen and oxygen atoms in total. The molecule has 2 aromatic heterocycles. The Morgan fingerprint density at radius 2 is 1.97 bits per heavy atom. The van der Waals surface area contributed by atoms with Gasteiger partial charge in [0.2, 0.25) is 5.95 Å². The predicted octanol–water partition coefficient (Wildman–Crippen LogP) is 2.49. The summed E-state index contributed by atoms with van der Waals surface area (Å²) in [6.45, 7) is 4.72. The molecule has 0 spiro atoms. The number of nitrogens with one attached hydrogen (secondary N) is 1. The van der Waals surface area contributed by atoms with Crippen molar-refractivity contribution >= 4 is 27.6 Å². The van der Waals surface area contributed by atoms with Crippen LogP contribution in [-0.2, 0) is 4.74 Å². The second kappa shape index (κ2) is 8.40. The lowest BCUT2D eigenvalue weighted by Gasteiger charge is -2.26. The third-order valence-corrected chi connectivity index (χ3v) is 5.52. The number of ether oxygens (including phenoxy) is 2. The first-order chi connectivity index (χ1) is 15.6. The molecule has 32 heavy (non-hydrogen) atoms. The summed E-state index contributed by atoms with van der Waals surface area (Å²) in [5.74, 6) is 1.05. The number of morpholine rings is 1. The number of non-ortho nitro benzene ring substituents is 1. The van der Waals surface area contributed by atoms with Crippen LogP contribution in [0, 0.1) is 10.1 Å². The highest BCUT2D eigenvalue weighted by Gasteiger charge is 2.14.